The van der Waals surface area contributed by atoms with Crippen LogP contribution in [0.1, 0.15) is 103 Å². The largest absolute Gasteiger partial charge is 0.627 e. The van der Waals surface area contributed by atoms with Crippen LogP contribution >= 0.6 is 0 Å². The summed E-state index contributed by atoms with van der Waals surface area (Å²) in [6, 6.07) is 0. The zero-order chi connectivity index (χ0) is 18.8. The van der Waals surface area contributed by atoms with Crippen molar-refractivity contribution in [2.45, 2.75) is 103 Å². The Morgan fingerprint density at radius 1 is 0.760 bits per heavy atom. The first-order chi connectivity index (χ1) is 12.1. The van der Waals surface area contributed by atoms with Gasteiger partial charge in [-0.25, -0.2) is 4.79 Å². The summed E-state index contributed by atoms with van der Waals surface area (Å²) in [5, 5.41) is 11.5. The first-order valence-corrected chi connectivity index (χ1v) is 10.8. The maximum absolute atomic E-state index is 11.8. The molecule has 1 N–H and O–H groups in total. The van der Waals surface area contributed by atoms with Crippen molar-refractivity contribution >= 4 is 5.91 Å². The molecule has 0 aliphatic carbocycles. The molecule has 0 bridgehead atoms. The maximum Gasteiger partial charge on any atom is 0.312 e. The van der Waals surface area contributed by atoms with Gasteiger partial charge in [0.25, 0.3) is 0 Å². The van der Waals surface area contributed by atoms with Crippen LogP contribution in [0.5, 0.6) is 0 Å². The van der Waals surface area contributed by atoms with E-state index < -0.39 is 0 Å². The lowest BCUT2D eigenvalue weighted by Crippen LogP contribution is -3.10. The van der Waals surface area contributed by atoms with Crippen molar-refractivity contribution in [3.63, 3.8) is 0 Å². The van der Waals surface area contributed by atoms with Gasteiger partial charge in [-0.2, -0.15) is 0 Å². The van der Waals surface area contributed by atoms with Gasteiger partial charge in [0.05, 0.1) is 13.0 Å². The minimum atomic E-state index is -0.166. The molecule has 4 heteroatoms. The Kier molecular flexibility index (Phi) is 18.0. The number of hydrogen-bond acceptors (Lipinski definition) is 3. The van der Waals surface area contributed by atoms with Crippen LogP contribution in [0.25, 0.3) is 0 Å². The van der Waals surface area contributed by atoms with Crippen LogP contribution in [0.4, 0.5) is 0 Å². The third-order valence-electron chi connectivity index (χ3n) is 4.83. The van der Waals surface area contributed by atoms with Crippen molar-refractivity contribution in [3.8, 4) is 0 Å². The van der Waals surface area contributed by atoms with Crippen molar-refractivity contribution < 1.29 is 9.86 Å². The molecule has 4 nitrogen and oxygen atoms in total. The zero-order valence-corrected chi connectivity index (χ0v) is 17.3. The van der Waals surface area contributed by atoms with Gasteiger partial charge in [0.2, 0.25) is 0 Å². The molecule has 0 aromatic carbocycles. The van der Waals surface area contributed by atoms with E-state index in [2.05, 4.69) is 6.92 Å². The highest BCUT2D eigenvalue weighted by molar-refractivity contribution is 5.66. The topological polar surface area (TPSA) is 47.8 Å². The first-order valence-electron chi connectivity index (χ1n) is 10.8. The second-order valence-electron chi connectivity index (χ2n) is 7.75. The molecule has 0 saturated heterocycles. The molecule has 0 aromatic heterocycles. The van der Waals surface area contributed by atoms with Crippen LogP contribution in [-0.4, -0.2) is 38.0 Å². The third kappa shape index (κ3) is 18.1. The number of quaternary nitrogens is 1. The summed E-state index contributed by atoms with van der Waals surface area (Å²) < 4.78 is 0. The standard InChI is InChI=1S/C21H44N2O2/c1-4-5-6-7-8-9-10-11-12-13-14-15-16-18-21(24)23(25)20-17-19-22(2)3/h23H,4-20H2,1-3H3. The van der Waals surface area contributed by atoms with E-state index in [1.807, 2.05) is 19.0 Å². The van der Waals surface area contributed by atoms with E-state index >= 15 is 0 Å². The molecule has 0 aliphatic heterocycles. The Morgan fingerprint density at radius 3 is 1.64 bits per heavy atom. The van der Waals surface area contributed by atoms with Gasteiger partial charge in [-0.1, -0.05) is 84.0 Å². The fourth-order valence-corrected chi connectivity index (χ4v) is 3.14. The molecule has 0 heterocycles. The smallest absolute Gasteiger partial charge is 0.312 e. The van der Waals surface area contributed by atoms with Gasteiger partial charge in [-0.3, -0.25) is 0 Å². The molecule has 1 atom stereocenters. The van der Waals surface area contributed by atoms with Crippen molar-refractivity contribution in [2.24, 2.45) is 0 Å². The van der Waals surface area contributed by atoms with Gasteiger partial charge in [-0.05, 0) is 20.5 Å². The number of hydroxylamine groups is 2. The minimum absolute atomic E-state index is 0.151. The Labute approximate surface area is 156 Å². The lowest BCUT2D eigenvalue weighted by Gasteiger charge is -2.20. The second-order valence-corrected chi connectivity index (χ2v) is 7.75. The van der Waals surface area contributed by atoms with Crippen LogP contribution in [0.2, 0.25) is 0 Å². The van der Waals surface area contributed by atoms with Crippen LogP contribution in [0, 0.1) is 5.21 Å². The highest BCUT2D eigenvalue weighted by Gasteiger charge is 2.10. The fourth-order valence-electron chi connectivity index (χ4n) is 3.14. The molecular weight excluding hydrogens is 312 g/mol. The summed E-state index contributed by atoms with van der Waals surface area (Å²) >= 11 is 0. The number of hydrogen-bond donors (Lipinski definition) is 1. The minimum Gasteiger partial charge on any atom is -0.627 e. The number of nitrogens with zero attached hydrogens (tertiary/aromatic N) is 1. The molecule has 1 amide bonds. The molecule has 1 unspecified atom stereocenters. The van der Waals surface area contributed by atoms with E-state index in [0.717, 1.165) is 25.8 Å². The van der Waals surface area contributed by atoms with E-state index in [-0.39, 0.29) is 11.0 Å². The van der Waals surface area contributed by atoms with Gasteiger partial charge in [-0.15, -0.1) is 0 Å². The zero-order valence-electron chi connectivity index (χ0n) is 17.3. The number of carbonyl (C=O) groups excluding carboxylic acids is 1. The predicted molar refractivity (Wildman–Crippen MR) is 108 cm³/mol. The van der Waals surface area contributed by atoms with Gasteiger partial charge >= 0.3 is 5.91 Å². The van der Waals surface area contributed by atoms with Gasteiger partial charge < -0.3 is 15.2 Å². The van der Waals surface area contributed by atoms with Crippen LogP contribution < -0.4 is 5.06 Å². The summed E-state index contributed by atoms with van der Waals surface area (Å²) in [5.74, 6) is -0.151. The van der Waals surface area contributed by atoms with Gasteiger partial charge in [0.15, 0.2) is 0 Å². The number of nitrogens with one attached hydrogen (secondary N) is 1. The quantitative estimate of drug-likeness (QED) is 0.294. The number of carbonyl (C=O) groups is 1. The molecule has 0 saturated carbocycles. The van der Waals surface area contributed by atoms with E-state index in [0.29, 0.717) is 13.0 Å². The molecule has 0 spiro atoms. The summed E-state index contributed by atoms with van der Waals surface area (Å²) in [5.41, 5.74) is 0. The molecule has 0 fully saturated rings. The average Bonchev–Trinajstić information content (AvgIpc) is 2.58. The highest BCUT2D eigenvalue weighted by Crippen LogP contribution is 2.12. The van der Waals surface area contributed by atoms with E-state index in [1.54, 1.807) is 0 Å². The lowest BCUT2D eigenvalue weighted by atomic mass is 10.0. The third-order valence-corrected chi connectivity index (χ3v) is 4.83. The Balaban J connectivity index is 3.28. The highest BCUT2D eigenvalue weighted by atomic mass is 16.5. The SMILES string of the molecule is CCCCCCCCCCCCCCCC(=O)[NH+]([O-])CCCN(C)C. The maximum atomic E-state index is 11.8. The predicted octanol–water partition coefficient (Wildman–Crippen LogP) is 4.33. The Bertz CT molecular complexity index is 296. The lowest BCUT2D eigenvalue weighted by molar-refractivity contribution is -0.765. The number of rotatable bonds is 18. The van der Waals surface area contributed by atoms with Crippen LogP contribution in [0.15, 0.2) is 0 Å². The van der Waals surface area contributed by atoms with E-state index in [4.69, 9.17) is 0 Å². The molecule has 0 aliphatic rings. The molecule has 0 aromatic rings. The molecule has 0 radical (unpaired) electrons. The molecule has 25 heavy (non-hydrogen) atoms. The Morgan fingerprint density at radius 2 is 1.20 bits per heavy atom. The van der Waals surface area contributed by atoms with Gasteiger partial charge in [0, 0.05) is 13.0 Å². The molecular formula is C21H44N2O2. The summed E-state index contributed by atoms with van der Waals surface area (Å²) in [7, 11) is 3.97. The first kappa shape index (κ1) is 24.6. The number of amides is 1. The summed E-state index contributed by atoms with van der Waals surface area (Å²) in [6.07, 6.45) is 18.1. The molecule has 150 valence electrons. The number of unbranched alkanes of at least 4 members (excludes halogenated alkanes) is 12. The van der Waals surface area contributed by atoms with Crippen LogP contribution in [0.3, 0.4) is 0 Å². The summed E-state index contributed by atoms with van der Waals surface area (Å²) in [4.78, 5) is 13.8. The van der Waals surface area contributed by atoms with Gasteiger partial charge in [0.1, 0.15) is 0 Å². The van der Waals surface area contributed by atoms with E-state index in [1.165, 1.54) is 70.6 Å². The Hall–Kier alpha value is -0.450. The fraction of sp³-hybridized carbons (Fsp3) is 0.952. The molecule has 0 rings (SSSR count). The summed E-state index contributed by atoms with van der Waals surface area (Å²) in [6.45, 7) is 3.55. The second kappa shape index (κ2) is 18.3. The monoisotopic (exact) mass is 356 g/mol. The van der Waals surface area contributed by atoms with E-state index in [9.17, 15) is 10.0 Å². The van der Waals surface area contributed by atoms with Crippen molar-refractivity contribution in [1.82, 2.24) is 4.90 Å². The van der Waals surface area contributed by atoms with Crippen molar-refractivity contribution in [1.29, 1.82) is 0 Å². The normalized spacial score (nSPS) is 12.7. The van der Waals surface area contributed by atoms with Crippen molar-refractivity contribution in [3.05, 3.63) is 5.21 Å². The van der Waals surface area contributed by atoms with Crippen LogP contribution in [-0.2, 0) is 4.79 Å². The average molecular weight is 357 g/mol. The van der Waals surface area contributed by atoms with Crippen molar-refractivity contribution in [2.75, 3.05) is 27.2 Å².